The smallest absolute Gasteiger partial charge is 0.168 e. The van der Waals surface area contributed by atoms with Crippen LogP contribution in [0.2, 0.25) is 0 Å². The minimum absolute atomic E-state index is 0.358. The fourth-order valence-corrected chi connectivity index (χ4v) is 1.88. The third-order valence-corrected chi connectivity index (χ3v) is 2.88. The van der Waals surface area contributed by atoms with E-state index in [-0.39, 0.29) is 0 Å². The molecule has 94 valence electrons. The maximum Gasteiger partial charge on any atom is 0.168 e. The summed E-state index contributed by atoms with van der Waals surface area (Å²) < 4.78 is 20.3. The molecule has 0 unspecified atom stereocenters. The summed E-state index contributed by atoms with van der Waals surface area (Å²) in [5, 5.41) is 4.17. The van der Waals surface area contributed by atoms with Crippen molar-refractivity contribution in [1.29, 1.82) is 0 Å². The molecule has 0 fully saturated rings. The lowest BCUT2D eigenvalue weighted by molar-refractivity contribution is 0.111. The summed E-state index contributed by atoms with van der Waals surface area (Å²) in [7, 11) is 3.13. The number of hydrogen-bond donors (Lipinski definition) is 0. The van der Waals surface area contributed by atoms with Crippen molar-refractivity contribution >= 4 is 6.29 Å². The molecule has 0 aliphatic rings. The topological polar surface area (TPSA) is 44.1 Å². The van der Waals surface area contributed by atoms with Crippen LogP contribution in [0.15, 0.2) is 18.2 Å². The van der Waals surface area contributed by atoms with Gasteiger partial charge in [0.05, 0.1) is 12.8 Å². The van der Waals surface area contributed by atoms with E-state index < -0.39 is 5.82 Å². The van der Waals surface area contributed by atoms with Crippen LogP contribution in [0.5, 0.6) is 5.75 Å². The molecule has 18 heavy (non-hydrogen) atoms. The molecule has 2 rings (SSSR count). The van der Waals surface area contributed by atoms with Crippen molar-refractivity contribution in [1.82, 2.24) is 9.78 Å². The normalized spacial score (nSPS) is 10.4. The number of rotatable bonds is 3. The molecule has 1 aromatic carbocycles. The van der Waals surface area contributed by atoms with Gasteiger partial charge in [-0.05, 0) is 19.1 Å². The van der Waals surface area contributed by atoms with Crippen molar-refractivity contribution in [3.63, 3.8) is 0 Å². The molecular formula is C13H13FN2O2. The number of nitrogens with zero attached hydrogens (tertiary/aromatic N) is 2. The molecule has 0 N–H and O–H groups in total. The molecule has 0 bridgehead atoms. The van der Waals surface area contributed by atoms with Crippen molar-refractivity contribution in [2.75, 3.05) is 7.11 Å². The fourth-order valence-electron chi connectivity index (χ4n) is 1.88. The molecule has 0 amide bonds. The van der Waals surface area contributed by atoms with Gasteiger partial charge in [0.1, 0.15) is 17.3 Å². The van der Waals surface area contributed by atoms with E-state index in [1.807, 2.05) is 0 Å². The maximum absolute atomic E-state index is 13.9. The highest BCUT2D eigenvalue weighted by molar-refractivity contribution is 5.79. The van der Waals surface area contributed by atoms with Crippen LogP contribution in [-0.4, -0.2) is 23.2 Å². The van der Waals surface area contributed by atoms with Gasteiger partial charge in [-0.1, -0.05) is 0 Å². The number of ether oxygens (including phenoxy) is 1. The molecule has 1 heterocycles. The standard InChI is InChI=1S/C13H13FN2O2/c1-8-12(7-17)16(2)15-13(8)10-5-4-9(18-3)6-11(10)14/h4-7H,1-3H3. The molecule has 0 aliphatic carbocycles. The zero-order valence-corrected chi connectivity index (χ0v) is 10.4. The largest absolute Gasteiger partial charge is 0.497 e. The molecule has 0 radical (unpaired) electrons. The Bertz CT molecular complexity index is 605. The lowest BCUT2D eigenvalue weighted by atomic mass is 10.1. The van der Waals surface area contributed by atoms with Gasteiger partial charge in [-0.25, -0.2) is 4.39 Å². The summed E-state index contributed by atoms with van der Waals surface area (Å²) in [5.41, 5.74) is 1.94. The lowest BCUT2D eigenvalue weighted by Gasteiger charge is -2.04. The first-order valence-electron chi connectivity index (χ1n) is 5.41. The van der Waals surface area contributed by atoms with Gasteiger partial charge in [-0.2, -0.15) is 5.10 Å². The molecule has 0 spiro atoms. The summed E-state index contributed by atoms with van der Waals surface area (Å²) >= 11 is 0. The summed E-state index contributed by atoms with van der Waals surface area (Å²) in [5.74, 6) is 0.0217. The number of methoxy groups -OCH3 is 1. The van der Waals surface area contributed by atoms with E-state index in [9.17, 15) is 9.18 Å². The molecule has 0 saturated carbocycles. The van der Waals surface area contributed by atoms with Crippen molar-refractivity contribution in [2.45, 2.75) is 6.92 Å². The van der Waals surface area contributed by atoms with Crippen molar-refractivity contribution in [3.05, 3.63) is 35.3 Å². The Labute approximate surface area is 104 Å². The molecule has 0 saturated heterocycles. The van der Waals surface area contributed by atoms with E-state index in [1.54, 1.807) is 26.1 Å². The van der Waals surface area contributed by atoms with Crippen LogP contribution in [0.25, 0.3) is 11.3 Å². The highest BCUT2D eigenvalue weighted by Gasteiger charge is 2.16. The first-order chi connectivity index (χ1) is 8.58. The predicted octanol–water partition coefficient (Wildman–Crippen LogP) is 2.36. The zero-order valence-electron chi connectivity index (χ0n) is 10.4. The quantitative estimate of drug-likeness (QED) is 0.783. The fraction of sp³-hybridized carbons (Fsp3) is 0.231. The zero-order chi connectivity index (χ0) is 13.3. The van der Waals surface area contributed by atoms with E-state index in [0.717, 1.165) is 0 Å². The number of hydrogen-bond acceptors (Lipinski definition) is 3. The molecule has 1 aromatic heterocycles. The first-order valence-corrected chi connectivity index (χ1v) is 5.41. The van der Waals surface area contributed by atoms with E-state index in [2.05, 4.69) is 5.10 Å². The van der Waals surface area contributed by atoms with Crippen molar-refractivity contribution < 1.29 is 13.9 Å². The van der Waals surface area contributed by atoms with Gasteiger partial charge in [-0.15, -0.1) is 0 Å². The van der Waals surface area contributed by atoms with Crippen LogP contribution in [-0.2, 0) is 7.05 Å². The Morgan fingerprint density at radius 3 is 2.67 bits per heavy atom. The Hall–Kier alpha value is -2.17. The number of halogens is 1. The van der Waals surface area contributed by atoms with Crippen molar-refractivity contribution in [3.8, 4) is 17.0 Å². The number of aromatic nitrogens is 2. The third kappa shape index (κ3) is 1.88. The highest BCUT2D eigenvalue weighted by Crippen LogP contribution is 2.28. The van der Waals surface area contributed by atoms with Crippen LogP contribution < -0.4 is 4.74 Å². The van der Waals surface area contributed by atoms with Gasteiger partial charge in [-0.3, -0.25) is 9.48 Å². The van der Waals surface area contributed by atoms with Crippen LogP contribution in [0.3, 0.4) is 0 Å². The van der Waals surface area contributed by atoms with Gasteiger partial charge < -0.3 is 4.74 Å². The van der Waals surface area contributed by atoms with Gasteiger partial charge in [0, 0.05) is 24.2 Å². The minimum Gasteiger partial charge on any atom is -0.497 e. The second kappa shape index (κ2) is 4.60. The highest BCUT2D eigenvalue weighted by atomic mass is 19.1. The van der Waals surface area contributed by atoms with Crippen molar-refractivity contribution in [2.24, 2.45) is 7.05 Å². The third-order valence-electron chi connectivity index (χ3n) is 2.88. The SMILES string of the molecule is COc1ccc(-c2nn(C)c(C=O)c2C)c(F)c1. The van der Waals surface area contributed by atoms with Gasteiger partial charge in [0.15, 0.2) is 6.29 Å². The average Bonchev–Trinajstić information content (AvgIpc) is 2.64. The second-order valence-corrected chi connectivity index (χ2v) is 3.95. The summed E-state index contributed by atoms with van der Waals surface area (Å²) in [6, 6.07) is 4.55. The van der Waals surface area contributed by atoms with Crippen LogP contribution in [0, 0.1) is 12.7 Å². The number of benzene rings is 1. The van der Waals surface area contributed by atoms with Gasteiger partial charge in [0.25, 0.3) is 0 Å². The van der Waals surface area contributed by atoms with E-state index >= 15 is 0 Å². The average molecular weight is 248 g/mol. The molecule has 2 aromatic rings. The minimum atomic E-state index is -0.423. The van der Waals surface area contributed by atoms with E-state index in [1.165, 1.54) is 17.9 Å². The first kappa shape index (κ1) is 12.3. The number of carbonyl (C=O) groups is 1. The number of aldehydes is 1. The van der Waals surface area contributed by atoms with E-state index in [0.29, 0.717) is 34.6 Å². The lowest BCUT2D eigenvalue weighted by Crippen LogP contribution is -1.96. The Kier molecular flexibility index (Phi) is 3.14. The Morgan fingerprint density at radius 1 is 1.44 bits per heavy atom. The Balaban J connectivity index is 2.59. The van der Waals surface area contributed by atoms with Gasteiger partial charge in [0.2, 0.25) is 0 Å². The number of aryl methyl sites for hydroxylation is 1. The molecule has 5 heteroatoms. The number of carbonyl (C=O) groups excluding carboxylic acids is 1. The second-order valence-electron chi connectivity index (χ2n) is 3.95. The van der Waals surface area contributed by atoms with Crippen LogP contribution in [0.1, 0.15) is 16.1 Å². The van der Waals surface area contributed by atoms with Crippen LogP contribution in [0.4, 0.5) is 4.39 Å². The molecule has 4 nitrogen and oxygen atoms in total. The molecular weight excluding hydrogens is 235 g/mol. The maximum atomic E-state index is 13.9. The summed E-state index contributed by atoms with van der Waals surface area (Å²) in [6.07, 6.45) is 0.716. The van der Waals surface area contributed by atoms with E-state index in [4.69, 9.17) is 4.74 Å². The predicted molar refractivity (Wildman–Crippen MR) is 65.3 cm³/mol. The monoisotopic (exact) mass is 248 g/mol. The van der Waals surface area contributed by atoms with Gasteiger partial charge >= 0.3 is 0 Å². The summed E-state index contributed by atoms with van der Waals surface area (Å²) in [4.78, 5) is 10.9. The summed E-state index contributed by atoms with van der Waals surface area (Å²) in [6.45, 7) is 1.75. The molecule has 0 aliphatic heterocycles. The Morgan fingerprint density at radius 2 is 2.17 bits per heavy atom. The molecule has 0 atom stereocenters. The van der Waals surface area contributed by atoms with Crippen LogP contribution >= 0.6 is 0 Å².